The highest BCUT2D eigenvalue weighted by molar-refractivity contribution is 5.70. The number of nitrogens with zero attached hydrogens (tertiary/aromatic N) is 1. The lowest BCUT2D eigenvalue weighted by atomic mass is 9.84. The first-order valence-corrected chi connectivity index (χ1v) is 9.01. The number of hydrogen-bond donors (Lipinski definition) is 1. The summed E-state index contributed by atoms with van der Waals surface area (Å²) < 4.78 is 0. The fraction of sp³-hybridized carbons (Fsp3) is 0.375. The van der Waals surface area contributed by atoms with Gasteiger partial charge in [0.2, 0.25) is 0 Å². The van der Waals surface area contributed by atoms with Crippen LogP contribution in [0.4, 0.5) is 0 Å². The Kier molecular flexibility index (Phi) is 7.80. The number of rotatable bonds is 8. The Labute approximate surface area is 159 Å². The number of benzene rings is 1. The first kappa shape index (κ1) is 21.7. The fourth-order valence-electron chi connectivity index (χ4n) is 3.09. The average molecular weight is 349 g/mol. The molecule has 1 aromatic carbocycles. The number of hydrogen-bond acceptors (Lipinski definition) is 2. The lowest BCUT2D eigenvalue weighted by Gasteiger charge is -2.32. The lowest BCUT2D eigenvalue weighted by Crippen LogP contribution is -2.41. The van der Waals surface area contributed by atoms with Crippen LogP contribution < -0.4 is 5.32 Å². The molecule has 1 N–H and O–H groups in total. The van der Waals surface area contributed by atoms with E-state index in [1.807, 2.05) is 32.2 Å². The van der Waals surface area contributed by atoms with Crippen LogP contribution in [0.3, 0.4) is 0 Å². The van der Waals surface area contributed by atoms with Crippen molar-refractivity contribution in [1.29, 1.82) is 5.26 Å². The maximum absolute atomic E-state index is 9.22. The van der Waals surface area contributed by atoms with Crippen LogP contribution in [0.15, 0.2) is 60.2 Å². The highest BCUT2D eigenvalue weighted by atomic mass is 14.9. The molecule has 0 aliphatic carbocycles. The minimum absolute atomic E-state index is 0.147. The van der Waals surface area contributed by atoms with E-state index in [0.717, 1.165) is 24.0 Å². The standard InChI is InChI=1S/C24H32N2/c1-9-10-17(2)15-24(7,26-8)20(5)13-19(4)21(6)23-12-18(3)11-22(14-23)16-25/h9,11-14,26H,1-2,10,15H2,3-8H3/b20-13+,21-19+/t24-/m0/s1. The highest BCUT2D eigenvalue weighted by Gasteiger charge is 2.24. The summed E-state index contributed by atoms with van der Waals surface area (Å²) in [6.45, 7) is 18.6. The van der Waals surface area contributed by atoms with Crippen molar-refractivity contribution in [3.63, 3.8) is 0 Å². The van der Waals surface area contributed by atoms with Gasteiger partial charge in [-0.2, -0.15) is 5.26 Å². The summed E-state index contributed by atoms with van der Waals surface area (Å²) in [5, 5.41) is 12.7. The van der Waals surface area contributed by atoms with Gasteiger partial charge in [0, 0.05) is 5.54 Å². The average Bonchev–Trinajstić information content (AvgIpc) is 2.60. The minimum Gasteiger partial charge on any atom is -0.311 e. The molecule has 26 heavy (non-hydrogen) atoms. The Balaban J connectivity index is 3.24. The fourth-order valence-corrected chi connectivity index (χ4v) is 3.09. The minimum atomic E-state index is -0.147. The molecule has 138 valence electrons. The van der Waals surface area contributed by atoms with E-state index in [9.17, 15) is 5.26 Å². The number of aryl methyl sites for hydroxylation is 1. The van der Waals surface area contributed by atoms with Crippen LogP contribution in [0, 0.1) is 18.3 Å². The first-order chi connectivity index (χ1) is 12.2. The van der Waals surface area contributed by atoms with Gasteiger partial charge in [-0.3, -0.25) is 0 Å². The molecule has 0 bridgehead atoms. The third-order valence-electron chi connectivity index (χ3n) is 5.12. The van der Waals surface area contributed by atoms with Crippen molar-refractivity contribution in [3.05, 3.63) is 76.9 Å². The van der Waals surface area contributed by atoms with Crippen molar-refractivity contribution < 1.29 is 0 Å². The summed E-state index contributed by atoms with van der Waals surface area (Å²) in [5.74, 6) is 0. The van der Waals surface area contributed by atoms with E-state index in [0.29, 0.717) is 5.56 Å². The van der Waals surface area contributed by atoms with Crippen LogP contribution >= 0.6 is 0 Å². The van der Waals surface area contributed by atoms with Crippen molar-refractivity contribution in [2.24, 2.45) is 0 Å². The van der Waals surface area contributed by atoms with Gasteiger partial charge in [0.1, 0.15) is 0 Å². The van der Waals surface area contributed by atoms with Crippen LogP contribution in [0.1, 0.15) is 57.2 Å². The largest absolute Gasteiger partial charge is 0.311 e. The van der Waals surface area contributed by atoms with Gasteiger partial charge in [-0.1, -0.05) is 35.9 Å². The van der Waals surface area contributed by atoms with Gasteiger partial charge in [-0.05, 0) is 88.9 Å². The highest BCUT2D eigenvalue weighted by Crippen LogP contribution is 2.28. The molecule has 0 saturated heterocycles. The maximum atomic E-state index is 9.22. The van der Waals surface area contributed by atoms with E-state index >= 15 is 0 Å². The van der Waals surface area contributed by atoms with E-state index < -0.39 is 0 Å². The monoisotopic (exact) mass is 348 g/mol. The van der Waals surface area contributed by atoms with Crippen molar-refractivity contribution in [2.75, 3.05) is 7.05 Å². The molecule has 0 spiro atoms. The Hall–Kier alpha value is -2.37. The van der Waals surface area contributed by atoms with Gasteiger partial charge in [0.25, 0.3) is 0 Å². The summed E-state index contributed by atoms with van der Waals surface area (Å²) in [4.78, 5) is 0. The van der Waals surface area contributed by atoms with Gasteiger partial charge in [-0.25, -0.2) is 0 Å². The number of allylic oxidation sites excluding steroid dienone is 4. The molecule has 0 unspecified atom stereocenters. The molecule has 0 amide bonds. The van der Waals surface area contributed by atoms with Gasteiger partial charge < -0.3 is 5.32 Å². The second-order valence-electron chi connectivity index (χ2n) is 7.34. The predicted octanol–water partition coefficient (Wildman–Crippen LogP) is 6.11. The topological polar surface area (TPSA) is 35.8 Å². The van der Waals surface area contributed by atoms with Gasteiger partial charge in [0.05, 0.1) is 11.6 Å². The second-order valence-corrected chi connectivity index (χ2v) is 7.34. The van der Waals surface area contributed by atoms with Crippen LogP contribution in [0.25, 0.3) is 5.57 Å². The zero-order valence-corrected chi connectivity index (χ0v) is 17.2. The third-order valence-corrected chi connectivity index (χ3v) is 5.12. The zero-order chi connectivity index (χ0) is 19.9. The van der Waals surface area contributed by atoms with Crippen LogP contribution in [-0.4, -0.2) is 12.6 Å². The smallest absolute Gasteiger partial charge is 0.0991 e. The lowest BCUT2D eigenvalue weighted by molar-refractivity contribution is 0.445. The van der Waals surface area contributed by atoms with Crippen molar-refractivity contribution in [1.82, 2.24) is 5.32 Å². The molecule has 1 rings (SSSR count). The molecular weight excluding hydrogens is 316 g/mol. The van der Waals surface area contributed by atoms with E-state index in [1.165, 1.54) is 22.3 Å². The molecule has 0 aromatic heterocycles. The summed E-state index contributed by atoms with van der Waals surface area (Å²) in [6, 6.07) is 8.24. The van der Waals surface area contributed by atoms with Gasteiger partial charge in [0.15, 0.2) is 0 Å². The zero-order valence-electron chi connectivity index (χ0n) is 17.2. The summed E-state index contributed by atoms with van der Waals surface area (Å²) in [6.07, 6.45) is 5.84. The normalized spacial score (nSPS) is 14.9. The molecule has 0 heterocycles. The molecular formula is C24H32N2. The maximum Gasteiger partial charge on any atom is 0.0991 e. The van der Waals surface area contributed by atoms with Gasteiger partial charge in [-0.15, -0.1) is 6.58 Å². The summed E-state index contributed by atoms with van der Waals surface area (Å²) >= 11 is 0. The molecule has 0 saturated carbocycles. The summed E-state index contributed by atoms with van der Waals surface area (Å²) in [5.41, 5.74) is 7.58. The molecule has 2 heteroatoms. The molecule has 0 aliphatic rings. The number of nitriles is 1. The first-order valence-electron chi connectivity index (χ1n) is 9.01. The SMILES string of the molecule is C=CCC(=C)C[C@](C)(NC)/C(C)=C/C(C)=C(\C)c1cc(C)cc(C#N)c1. The molecule has 0 radical (unpaired) electrons. The van der Waals surface area contributed by atoms with E-state index in [1.54, 1.807) is 0 Å². The molecule has 2 nitrogen and oxygen atoms in total. The van der Waals surface area contributed by atoms with Crippen LogP contribution in [-0.2, 0) is 0 Å². The van der Waals surface area contributed by atoms with E-state index in [4.69, 9.17) is 0 Å². The number of nitrogens with one attached hydrogen (secondary N) is 1. The quantitative estimate of drug-likeness (QED) is 0.454. The summed E-state index contributed by atoms with van der Waals surface area (Å²) in [7, 11) is 1.99. The van der Waals surface area contributed by atoms with Crippen molar-refractivity contribution in [2.45, 2.75) is 53.0 Å². The Morgan fingerprint density at radius 2 is 1.92 bits per heavy atom. The van der Waals surface area contributed by atoms with Crippen molar-refractivity contribution in [3.8, 4) is 6.07 Å². The molecule has 0 fully saturated rings. The van der Waals surface area contributed by atoms with E-state index in [2.05, 4.69) is 64.4 Å². The third kappa shape index (κ3) is 5.58. The van der Waals surface area contributed by atoms with Crippen LogP contribution in [0.5, 0.6) is 0 Å². The van der Waals surface area contributed by atoms with Gasteiger partial charge >= 0.3 is 0 Å². The Morgan fingerprint density at radius 3 is 2.46 bits per heavy atom. The molecule has 0 aliphatic heterocycles. The Bertz CT molecular complexity index is 787. The van der Waals surface area contributed by atoms with E-state index in [-0.39, 0.29) is 5.54 Å². The number of likely N-dealkylation sites (N-methyl/N-ethyl adjacent to an activating group) is 1. The predicted molar refractivity (Wildman–Crippen MR) is 114 cm³/mol. The Morgan fingerprint density at radius 1 is 1.27 bits per heavy atom. The molecule has 1 aromatic rings. The van der Waals surface area contributed by atoms with Crippen LogP contribution in [0.2, 0.25) is 0 Å². The second kappa shape index (κ2) is 9.36. The van der Waals surface area contributed by atoms with Crippen molar-refractivity contribution >= 4 is 5.57 Å². The molecule has 1 atom stereocenters.